The van der Waals surface area contributed by atoms with E-state index in [1.807, 2.05) is 49.4 Å². The first-order chi connectivity index (χ1) is 12.8. The molecule has 1 aliphatic rings. The zero-order chi connectivity index (χ0) is 19.6. The minimum absolute atomic E-state index is 0.0102. The number of carbonyl (C=O) groups excluding carboxylic acids is 3. The lowest BCUT2D eigenvalue weighted by Crippen LogP contribution is -2.40. The van der Waals surface area contributed by atoms with Crippen LogP contribution in [0.25, 0.3) is 10.8 Å². The molecule has 0 bridgehead atoms. The Morgan fingerprint density at radius 1 is 1.15 bits per heavy atom. The molecule has 0 spiro atoms. The molecule has 3 rings (SSSR count). The van der Waals surface area contributed by atoms with Gasteiger partial charge in [-0.25, -0.2) is 10.2 Å². The molecule has 2 aromatic carbocycles. The molecule has 1 saturated heterocycles. The smallest absolute Gasteiger partial charge is 0.324 e. The maximum atomic E-state index is 12.1. The van der Waals surface area contributed by atoms with Crippen LogP contribution in [0, 0.1) is 0 Å². The van der Waals surface area contributed by atoms with E-state index in [1.165, 1.54) is 0 Å². The van der Waals surface area contributed by atoms with Crippen molar-refractivity contribution < 1.29 is 14.4 Å². The molecule has 0 atom stereocenters. The first-order valence-electron chi connectivity index (χ1n) is 8.74. The lowest BCUT2D eigenvalue weighted by Gasteiger charge is -2.15. The van der Waals surface area contributed by atoms with Crippen molar-refractivity contribution in [1.29, 1.82) is 0 Å². The lowest BCUT2D eigenvalue weighted by atomic mass is 10.0. The standard InChI is InChI=1S/C20H22N4O3/c1-13(15-9-8-14-6-4-5-7-16(14)12-15)22-23-17(25)10-11-24-18(26)20(2,3)21-19(24)27/h4-9,12H,10-11H2,1-3H3,(H,21,27)(H,23,25)/b22-13-. The summed E-state index contributed by atoms with van der Waals surface area (Å²) in [5.41, 5.74) is 3.13. The van der Waals surface area contributed by atoms with Crippen LogP contribution >= 0.6 is 0 Å². The monoisotopic (exact) mass is 366 g/mol. The van der Waals surface area contributed by atoms with Crippen LogP contribution in [0.15, 0.2) is 47.6 Å². The molecule has 1 heterocycles. The van der Waals surface area contributed by atoms with Gasteiger partial charge in [-0.1, -0.05) is 36.4 Å². The van der Waals surface area contributed by atoms with E-state index in [1.54, 1.807) is 13.8 Å². The van der Waals surface area contributed by atoms with Crippen LogP contribution in [-0.4, -0.2) is 40.5 Å². The lowest BCUT2D eigenvalue weighted by molar-refractivity contribution is -0.130. The van der Waals surface area contributed by atoms with Crippen molar-refractivity contribution in [2.45, 2.75) is 32.7 Å². The summed E-state index contributed by atoms with van der Waals surface area (Å²) in [5.74, 6) is -0.698. The van der Waals surface area contributed by atoms with Gasteiger partial charge in [0.05, 0.1) is 5.71 Å². The molecule has 0 radical (unpaired) electrons. The van der Waals surface area contributed by atoms with Gasteiger partial charge in [-0.3, -0.25) is 14.5 Å². The Morgan fingerprint density at radius 2 is 1.85 bits per heavy atom. The number of imide groups is 1. The molecule has 7 nitrogen and oxygen atoms in total. The van der Waals surface area contributed by atoms with Crippen LogP contribution in [0.3, 0.4) is 0 Å². The highest BCUT2D eigenvalue weighted by atomic mass is 16.2. The topological polar surface area (TPSA) is 90.9 Å². The first-order valence-corrected chi connectivity index (χ1v) is 8.74. The predicted molar refractivity (Wildman–Crippen MR) is 103 cm³/mol. The number of carbonyl (C=O) groups is 3. The average molecular weight is 366 g/mol. The number of amides is 4. The molecule has 0 aliphatic carbocycles. The highest BCUT2D eigenvalue weighted by molar-refractivity contribution is 6.06. The number of hydrogen-bond donors (Lipinski definition) is 2. The van der Waals surface area contributed by atoms with E-state index < -0.39 is 11.6 Å². The van der Waals surface area contributed by atoms with Gasteiger partial charge in [-0.2, -0.15) is 5.10 Å². The Morgan fingerprint density at radius 3 is 2.52 bits per heavy atom. The van der Waals surface area contributed by atoms with Gasteiger partial charge < -0.3 is 5.32 Å². The fourth-order valence-corrected chi connectivity index (χ4v) is 2.92. The van der Waals surface area contributed by atoms with Crippen molar-refractivity contribution in [3.05, 3.63) is 48.0 Å². The number of urea groups is 1. The third-order valence-electron chi connectivity index (χ3n) is 4.52. The van der Waals surface area contributed by atoms with E-state index in [-0.39, 0.29) is 24.8 Å². The average Bonchev–Trinajstić information content (AvgIpc) is 2.84. The number of nitrogens with zero attached hydrogens (tertiary/aromatic N) is 2. The van der Waals surface area contributed by atoms with Gasteiger partial charge in [0, 0.05) is 13.0 Å². The Labute approximate surface area is 157 Å². The van der Waals surface area contributed by atoms with Crippen LogP contribution in [0.5, 0.6) is 0 Å². The molecular formula is C20H22N4O3. The zero-order valence-corrected chi connectivity index (χ0v) is 15.6. The zero-order valence-electron chi connectivity index (χ0n) is 15.6. The SMILES string of the molecule is C/C(=N/NC(=O)CCN1C(=O)NC(C)(C)C1=O)c1ccc2ccccc2c1. The van der Waals surface area contributed by atoms with Crippen molar-refractivity contribution >= 4 is 34.3 Å². The van der Waals surface area contributed by atoms with Crippen LogP contribution < -0.4 is 10.7 Å². The summed E-state index contributed by atoms with van der Waals surface area (Å²) in [5, 5.41) is 8.94. The normalized spacial score (nSPS) is 16.6. The van der Waals surface area contributed by atoms with Gasteiger partial charge >= 0.3 is 6.03 Å². The molecule has 2 aromatic rings. The van der Waals surface area contributed by atoms with Gasteiger partial charge in [-0.05, 0) is 43.2 Å². The molecule has 2 N–H and O–H groups in total. The van der Waals surface area contributed by atoms with Crippen molar-refractivity contribution in [3.8, 4) is 0 Å². The van der Waals surface area contributed by atoms with E-state index in [0.29, 0.717) is 5.71 Å². The minimum atomic E-state index is -0.932. The van der Waals surface area contributed by atoms with Crippen molar-refractivity contribution in [2.24, 2.45) is 5.10 Å². The summed E-state index contributed by atoms with van der Waals surface area (Å²) in [6.45, 7) is 5.09. The van der Waals surface area contributed by atoms with Crippen LogP contribution in [0.1, 0.15) is 32.8 Å². The third kappa shape index (κ3) is 3.97. The molecule has 27 heavy (non-hydrogen) atoms. The fraction of sp³-hybridized carbons (Fsp3) is 0.300. The van der Waals surface area contributed by atoms with Crippen molar-refractivity contribution in [3.63, 3.8) is 0 Å². The predicted octanol–water partition coefficient (Wildman–Crippen LogP) is 2.40. The third-order valence-corrected chi connectivity index (χ3v) is 4.52. The van der Waals surface area contributed by atoms with Crippen molar-refractivity contribution in [1.82, 2.24) is 15.6 Å². The maximum absolute atomic E-state index is 12.1. The first kappa shape index (κ1) is 18.6. The number of rotatable bonds is 5. The summed E-state index contributed by atoms with van der Waals surface area (Å²) >= 11 is 0. The van der Waals surface area contributed by atoms with Gasteiger partial charge in [-0.15, -0.1) is 0 Å². The number of hydrazone groups is 1. The summed E-state index contributed by atoms with van der Waals surface area (Å²) in [4.78, 5) is 37.0. The quantitative estimate of drug-likeness (QED) is 0.484. The Kier molecular flexibility index (Phi) is 4.94. The Balaban J connectivity index is 1.59. The minimum Gasteiger partial charge on any atom is -0.324 e. The summed E-state index contributed by atoms with van der Waals surface area (Å²) in [6.07, 6.45) is -0.0102. The number of fused-ring (bicyclic) bond motifs is 1. The molecule has 4 amide bonds. The molecule has 1 fully saturated rings. The Hall–Kier alpha value is -3.22. The number of nitrogens with one attached hydrogen (secondary N) is 2. The summed E-state index contributed by atoms with van der Waals surface area (Å²) in [6, 6.07) is 13.5. The molecule has 140 valence electrons. The van der Waals surface area contributed by atoms with E-state index in [9.17, 15) is 14.4 Å². The second kappa shape index (κ2) is 7.19. The van der Waals surface area contributed by atoms with Gasteiger partial charge in [0.1, 0.15) is 5.54 Å². The second-order valence-electron chi connectivity index (χ2n) is 7.06. The molecule has 7 heteroatoms. The van der Waals surface area contributed by atoms with E-state index in [4.69, 9.17) is 0 Å². The second-order valence-corrected chi connectivity index (χ2v) is 7.06. The van der Waals surface area contributed by atoms with Gasteiger partial charge in [0.25, 0.3) is 5.91 Å². The van der Waals surface area contributed by atoms with E-state index in [2.05, 4.69) is 15.8 Å². The largest absolute Gasteiger partial charge is 0.325 e. The molecule has 1 aliphatic heterocycles. The molecule has 0 unspecified atom stereocenters. The molecule has 0 saturated carbocycles. The van der Waals surface area contributed by atoms with Crippen molar-refractivity contribution in [2.75, 3.05) is 6.54 Å². The number of benzene rings is 2. The highest BCUT2D eigenvalue weighted by Gasteiger charge is 2.43. The highest BCUT2D eigenvalue weighted by Crippen LogP contribution is 2.17. The molecule has 0 aromatic heterocycles. The van der Waals surface area contributed by atoms with E-state index in [0.717, 1.165) is 21.2 Å². The van der Waals surface area contributed by atoms with Crippen LogP contribution in [-0.2, 0) is 9.59 Å². The van der Waals surface area contributed by atoms with Crippen LogP contribution in [0.4, 0.5) is 4.79 Å². The Bertz CT molecular complexity index is 949. The van der Waals surface area contributed by atoms with Gasteiger partial charge in [0.15, 0.2) is 0 Å². The maximum Gasteiger partial charge on any atom is 0.325 e. The fourth-order valence-electron chi connectivity index (χ4n) is 2.92. The van der Waals surface area contributed by atoms with E-state index >= 15 is 0 Å². The van der Waals surface area contributed by atoms with Gasteiger partial charge in [0.2, 0.25) is 5.91 Å². The van der Waals surface area contributed by atoms with Crippen LogP contribution in [0.2, 0.25) is 0 Å². The molecular weight excluding hydrogens is 344 g/mol. The summed E-state index contributed by atoms with van der Waals surface area (Å²) in [7, 11) is 0. The summed E-state index contributed by atoms with van der Waals surface area (Å²) < 4.78 is 0. The number of hydrogen-bond acceptors (Lipinski definition) is 4.